The molecule has 0 aromatic carbocycles. The lowest BCUT2D eigenvalue weighted by molar-refractivity contribution is 0.318. The smallest absolute Gasteiger partial charge is 0.188 e. The molecule has 1 aromatic rings. The summed E-state index contributed by atoms with van der Waals surface area (Å²) < 4.78 is 0. The molecule has 1 saturated carbocycles. The van der Waals surface area contributed by atoms with Crippen molar-refractivity contribution in [3.8, 4) is 0 Å². The van der Waals surface area contributed by atoms with E-state index in [0.29, 0.717) is 17.0 Å². The van der Waals surface area contributed by atoms with Crippen LogP contribution < -0.4 is 11.1 Å². The molecular weight excluding hydrogens is 272 g/mol. The van der Waals surface area contributed by atoms with Crippen molar-refractivity contribution in [2.45, 2.75) is 43.5 Å². The van der Waals surface area contributed by atoms with Crippen LogP contribution in [-0.2, 0) is 6.54 Å². The molecule has 0 radical (unpaired) electrons. The Morgan fingerprint density at radius 1 is 1.55 bits per heavy atom. The van der Waals surface area contributed by atoms with Gasteiger partial charge in [0.05, 0.1) is 0 Å². The fraction of sp³-hybridized carbons (Fsp3) is 0.571. The predicted molar refractivity (Wildman–Crippen MR) is 83.1 cm³/mol. The average Bonchev–Trinajstić information content (AvgIpc) is 2.52. The molecule has 110 valence electrons. The molecule has 2 atom stereocenters. The van der Waals surface area contributed by atoms with Crippen LogP contribution in [0, 0.1) is 0 Å². The average molecular weight is 294 g/mol. The quantitative estimate of drug-likeness (QED) is 0.334. The summed E-state index contributed by atoms with van der Waals surface area (Å²) in [5.74, 6) is 0.0477. The van der Waals surface area contributed by atoms with Crippen molar-refractivity contribution in [3.63, 3.8) is 0 Å². The molecule has 0 aliphatic heterocycles. The Balaban J connectivity index is 1.96. The third-order valence-corrected chi connectivity index (χ3v) is 4.94. The number of rotatable bonds is 5. The Morgan fingerprint density at radius 2 is 2.35 bits per heavy atom. The maximum Gasteiger partial charge on any atom is 0.188 e. The Labute approximate surface area is 124 Å². The van der Waals surface area contributed by atoms with Gasteiger partial charge in [0.2, 0.25) is 0 Å². The Bertz CT molecular complexity index is 466. The second kappa shape index (κ2) is 7.50. The summed E-state index contributed by atoms with van der Waals surface area (Å²) in [6, 6.07) is 4.39. The SMILES string of the molecule is CSC1CCCCC1NCc1ccnc(/C(N)=N/O)c1. The number of hydrogen-bond donors (Lipinski definition) is 3. The zero-order chi connectivity index (χ0) is 14.4. The van der Waals surface area contributed by atoms with Crippen LogP contribution >= 0.6 is 11.8 Å². The molecule has 1 fully saturated rings. The van der Waals surface area contributed by atoms with Gasteiger partial charge in [-0.25, -0.2) is 0 Å². The van der Waals surface area contributed by atoms with Gasteiger partial charge in [-0.3, -0.25) is 4.98 Å². The third-order valence-electron chi connectivity index (χ3n) is 3.77. The molecule has 2 unspecified atom stereocenters. The molecule has 2 rings (SSSR count). The molecule has 1 aromatic heterocycles. The first kappa shape index (κ1) is 15.1. The zero-order valence-electron chi connectivity index (χ0n) is 11.7. The Hall–Kier alpha value is -1.27. The van der Waals surface area contributed by atoms with Crippen molar-refractivity contribution >= 4 is 17.6 Å². The van der Waals surface area contributed by atoms with E-state index >= 15 is 0 Å². The molecule has 5 nitrogen and oxygen atoms in total. The summed E-state index contributed by atoms with van der Waals surface area (Å²) in [5, 5.41) is 16.0. The van der Waals surface area contributed by atoms with Gasteiger partial charge in [0, 0.05) is 24.0 Å². The van der Waals surface area contributed by atoms with E-state index in [9.17, 15) is 0 Å². The second-order valence-corrected chi connectivity index (χ2v) is 6.16. The number of amidine groups is 1. The number of nitrogens with one attached hydrogen (secondary N) is 1. The molecular formula is C14H22N4OS. The number of oxime groups is 1. The van der Waals surface area contributed by atoms with Crippen LogP contribution in [0.2, 0.25) is 0 Å². The highest BCUT2D eigenvalue weighted by Gasteiger charge is 2.23. The van der Waals surface area contributed by atoms with E-state index in [0.717, 1.165) is 12.1 Å². The van der Waals surface area contributed by atoms with Crippen molar-refractivity contribution in [1.82, 2.24) is 10.3 Å². The lowest BCUT2D eigenvalue weighted by Crippen LogP contribution is -2.40. The summed E-state index contributed by atoms with van der Waals surface area (Å²) in [4.78, 5) is 4.09. The van der Waals surface area contributed by atoms with E-state index in [1.165, 1.54) is 25.7 Å². The minimum absolute atomic E-state index is 0.0477. The van der Waals surface area contributed by atoms with Gasteiger partial charge in [0.15, 0.2) is 5.84 Å². The molecule has 4 N–H and O–H groups in total. The van der Waals surface area contributed by atoms with Gasteiger partial charge in [-0.05, 0) is 36.8 Å². The van der Waals surface area contributed by atoms with E-state index in [1.54, 1.807) is 6.20 Å². The van der Waals surface area contributed by atoms with Gasteiger partial charge >= 0.3 is 0 Å². The fourth-order valence-corrected chi connectivity index (χ4v) is 3.60. The summed E-state index contributed by atoms with van der Waals surface area (Å²) >= 11 is 1.95. The number of aromatic nitrogens is 1. The van der Waals surface area contributed by atoms with E-state index < -0.39 is 0 Å². The van der Waals surface area contributed by atoms with Gasteiger partial charge < -0.3 is 16.3 Å². The van der Waals surface area contributed by atoms with E-state index in [-0.39, 0.29) is 5.84 Å². The third kappa shape index (κ3) is 3.86. The number of nitrogens with zero attached hydrogens (tertiary/aromatic N) is 2. The molecule has 1 aliphatic rings. The standard InChI is InChI=1S/C14H22N4OS/c1-20-13-5-3-2-4-11(13)17-9-10-6-7-16-12(8-10)14(15)18-19/h6-8,11,13,17,19H,2-5,9H2,1H3,(H2,15,18). The minimum atomic E-state index is 0.0477. The van der Waals surface area contributed by atoms with Crippen LogP contribution in [0.15, 0.2) is 23.5 Å². The van der Waals surface area contributed by atoms with E-state index in [2.05, 4.69) is 21.7 Å². The van der Waals surface area contributed by atoms with Crippen LogP contribution in [0.3, 0.4) is 0 Å². The number of thioether (sulfide) groups is 1. The van der Waals surface area contributed by atoms with Crippen LogP contribution in [0.4, 0.5) is 0 Å². The molecule has 0 saturated heterocycles. The van der Waals surface area contributed by atoms with Gasteiger partial charge in [-0.15, -0.1) is 0 Å². The monoisotopic (exact) mass is 294 g/mol. The fourth-order valence-electron chi connectivity index (χ4n) is 2.64. The highest BCUT2D eigenvalue weighted by molar-refractivity contribution is 7.99. The molecule has 1 aliphatic carbocycles. The van der Waals surface area contributed by atoms with Gasteiger partial charge in [0.25, 0.3) is 0 Å². The zero-order valence-corrected chi connectivity index (χ0v) is 12.6. The molecule has 0 spiro atoms. The lowest BCUT2D eigenvalue weighted by Gasteiger charge is -2.31. The minimum Gasteiger partial charge on any atom is -0.409 e. The van der Waals surface area contributed by atoms with E-state index in [1.807, 2.05) is 23.9 Å². The summed E-state index contributed by atoms with van der Waals surface area (Å²) in [6.07, 6.45) is 9.06. The maximum atomic E-state index is 8.68. The number of nitrogens with two attached hydrogens (primary N) is 1. The molecule has 1 heterocycles. The van der Waals surface area contributed by atoms with Crippen molar-refractivity contribution in [1.29, 1.82) is 0 Å². The first-order valence-corrected chi connectivity index (χ1v) is 8.22. The predicted octanol–water partition coefficient (Wildman–Crippen LogP) is 1.94. The van der Waals surface area contributed by atoms with Crippen molar-refractivity contribution in [2.75, 3.05) is 6.26 Å². The van der Waals surface area contributed by atoms with E-state index in [4.69, 9.17) is 10.9 Å². The van der Waals surface area contributed by atoms with Gasteiger partial charge in [0.1, 0.15) is 5.69 Å². The summed E-state index contributed by atoms with van der Waals surface area (Å²) in [6.45, 7) is 0.788. The van der Waals surface area contributed by atoms with Crippen LogP contribution in [0.25, 0.3) is 0 Å². The first-order chi connectivity index (χ1) is 9.74. The maximum absolute atomic E-state index is 8.68. The van der Waals surface area contributed by atoms with Crippen LogP contribution in [-0.4, -0.2) is 33.6 Å². The topological polar surface area (TPSA) is 83.5 Å². The Kier molecular flexibility index (Phi) is 5.67. The molecule has 0 amide bonds. The van der Waals surface area contributed by atoms with Gasteiger partial charge in [-0.2, -0.15) is 11.8 Å². The highest BCUT2D eigenvalue weighted by Crippen LogP contribution is 2.27. The number of pyridine rings is 1. The van der Waals surface area contributed by atoms with Crippen LogP contribution in [0.1, 0.15) is 36.9 Å². The highest BCUT2D eigenvalue weighted by atomic mass is 32.2. The molecule has 20 heavy (non-hydrogen) atoms. The van der Waals surface area contributed by atoms with Crippen LogP contribution in [0.5, 0.6) is 0 Å². The summed E-state index contributed by atoms with van der Waals surface area (Å²) in [5.41, 5.74) is 7.17. The largest absolute Gasteiger partial charge is 0.409 e. The normalized spacial score (nSPS) is 23.8. The lowest BCUT2D eigenvalue weighted by atomic mass is 9.94. The second-order valence-electron chi connectivity index (χ2n) is 5.08. The molecule has 0 bridgehead atoms. The number of hydrogen-bond acceptors (Lipinski definition) is 5. The van der Waals surface area contributed by atoms with Crippen molar-refractivity contribution in [3.05, 3.63) is 29.6 Å². The van der Waals surface area contributed by atoms with Gasteiger partial charge in [-0.1, -0.05) is 18.0 Å². The first-order valence-electron chi connectivity index (χ1n) is 6.93. The van der Waals surface area contributed by atoms with Crippen molar-refractivity contribution < 1.29 is 5.21 Å². The molecule has 6 heteroatoms. The van der Waals surface area contributed by atoms with Crippen molar-refractivity contribution in [2.24, 2.45) is 10.9 Å². The Morgan fingerprint density at radius 3 is 3.10 bits per heavy atom. The summed E-state index contributed by atoms with van der Waals surface area (Å²) in [7, 11) is 0.